The zero-order valence-corrected chi connectivity index (χ0v) is 10.4. The number of hydrazine groups is 1. The summed E-state index contributed by atoms with van der Waals surface area (Å²) in [6.07, 6.45) is 0. The van der Waals surface area contributed by atoms with Crippen LogP contribution in [-0.4, -0.2) is 7.11 Å². The number of halogens is 2. The van der Waals surface area contributed by atoms with E-state index in [1.807, 2.05) is 30.3 Å². The Morgan fingerprint density at radius 3 is 2.53 bits per heavy atom. The molecule has 0 atom stereocenters. The normalized spacial score (nSPS) is 10.3. The Labute approximate surface area is 110 Å². The third-order valence-electron chi connectivity index (χ3n) is 2.61. The molecule has 5 heteroatoms. The molecule has 2 aromatic carbocycles. The Morgan fingerprint density at radius 1 is 1.11 bits per heavy atom. The molecule has 0 amide bonds. The number of benzene rings is 2. The van der Waals surface area contributed by atoms with Crippen molar-refractivity contribution in [3.8, 4) is 5.75 Å². The minimum absolute atomic E-state index is 0.171. The van der Waals surface area contributed by atoms with E-state index in [1.165, 1.54) is 7.11 Å². The number of ether oxygens (including phenoxy) is 1. The lowest BCUT2D eigenvalue weighted by molar-refractivity contribution is 0.398. The molecular weight excluding hydrogens is 250 g/mol. The zero-order chi connectivity index (χ0) is 13.7. The molecule has 0 saturated heterocycles. The quantitative estimate of drug-likeness (QED) is 0.814. The Balaban J connectivity index is 2.03. The third-order valence-corrected chi connectivity index (χ3v) is 2.61. The summed E-state index contributed by atoms with van der Waals surface area (Å²) in [5.74, 6) is -1.12. The van der Waals surface area contributed by atoms with Crippen molar-refractivity contribution in [3.63, 3.8) is 0 Å². The van der Waals surface area contributed by atoms with Crippen molar-refractivity contribution in [2.24, 2.45) is 0 Å². The lowest BCUT2D eigenvalue weighted by Crippen LogP contribution is -2.22. The molecular formula is C14H14F2N2O. The van der Waals surface area contributed by atoms with Crippen LogP contribution in [0.1, 0.15) is 5.56 Å². The second-order valence-electron chi connectivity index (χ2n) is 3.91. The Hall–Kier alpha value is -2.14. The maximum absolute atomic E-state index is 13.6. The first-order chi connectivity index (χ1) is 9.20. The fourth-order valence-corrected chi connectivity index (χ4v) is 1.69. The summed E-state index contributed by atoms with van der Waals surface area (Å²) < 4.78 is 31.6. The number of hydrogen-bond acceptors (Lipinski definition) is 3. The van der Waals surface area contributed by atoms with Crippen LogP contribution in [-0.2, 0) is 6.54 Å². The Morgan fingerprint density at radius 2 is 1.84 bits per heavy atom. The van der Waals surface area contributed by atoms with Gasteiger partial charge in [-0.3, -0.25) is 0 Å². The maximum atomic E-state index is 13.6. The molecule has 0 radical (unpaired) electrons. The van der Waals surface area contributed by atoms with Crippen molar-refractivity contribution in [2.45, 2.75) is 6.54 Å². The first-order valence-corrected chi connectivity index (χ1v) is 5.76. The fraction of sp³-hybridized carbons (Fsp3) is 0.143. The van der Waals surface area contributed by atoms with Gasteiger partial charge >= 0.3 is 0 Å². The fourth-order valence-electron chi connectivity index (χ4n) is 1.69. The first-order valence-electron chi connectivity index (χ1n) is 5.76. The molecule has 0 aromatic heterocycles. The van der Waals surface area contributed by atoms with Gasteiger partial charge in [0.25, 0.3) is 0 Å². The van der Waals surface area contributed by atoms with Gasteiger partial charge in [-0.1, -0.05) is 18.2 Å². The highest BCUT2D eigenvalue weighted by atomic mass is 19.1. The van der Waals surface area contributed by atoms with Gasteiger partial charge in [0, 0.05) is 29.9 Å². The van der Waals surface area contributed by atoms with E-state index in [9.17, 15) is 8.78 Å². The van der Waals surface area contributed by atoms with Crippen molar-refractivity contribution >= 4 is 5.69 Å². The molecule has 2 N–H and O–H groups in total. The van der Waals surface area contributed by atoms with E-state index in [1.54, 1.807) is 0 Å². The van der Waals surface area contributed by atoms with Gasteiger partial charge in [-0.25, -0.2) is 14.2 Å². The van der Waals surface area contributed by atoms with Crippen molar-refractivity contribution in [2.75, 3.05) is 12.5 Å². The van der Waals surface area contributed by atoms with Crippen LogP contribution in [0, 0.1) is 11.6 Å². The number of anilines is 1. The molecule has 2 aromatic rings. The summed E-state index contributed by atoms with van der Waals surface area (Å²) in [6, 6.07) is 11.4. The van der Waals surface area contributed by atoms with Crippen LogP contribution in [0.4, 0.5) is 14.5 Å². The molecule has 0 unspecified atom stereocenters. The summed E-state index contributed by atoms with van der Waals surface area (Å²) in [4.78, 5) is 0. The van der Waals surface area contributed by atoms with E-state index < -0.39 is 11.6 Å². The van der Waals surface area contributed by atoms with Crippen molar-refractivity contribution in [1.82, 2.24) is 5.43 Å². The summed E-state index contributed by atoms with van der Waals surface area (Å²) in [5.41, 5.74) is 6.90. The number of hydrogen-bond donors (Lipinski definition) is 2. The average molecular weight is 264 g/mol. The minimum Gasteiger partial charge on any atom is -0.496 e. The van der Waals surface area contributed by atoms with Crippen molar-refractivity contribution in [1.29, 1.82) is 0 Å². The number of para-hydroxylation sites is 1. The standard InChI is InChI=1S/C14H14F2N2O/c1-19-14-8-10(15)7-13(16)12(14)9-17-18-11-5-3-2-4-6-11/h2-8,17-18H,9H2,1H3. The molecule has 0 aliphatic rings. The van der Waals surface area contributed by atoms with Crippen LogP contribution in [0.5, 0.6) is 5.75 Å². The van der Waals surface area contributed by atoms with E-state index >= 15 is 0 Å². The largest absolute Gasteiger partial charge is 0.496 e. The van der Waals surface area contributed by atoms with Crippen LogP contribution in [0.2, 0.25) is 0 Å². The van der Waals surface area contributed by atoms with E-state index in [4.69, 9.17) is 4.74 Å². The number of nitrogens with one attached hydrogen (secondary N) is 2. The summed E-state index contributed by atoms with van der Waals surface area (Å²) in [6.45, 7) is 0.171. The molecule has 0 fully saturated rings. The van der Waals surface area contributed by atoms with Gasteiger partial charge in [0.15, 0.2) is 0 Å². The third kappa shape index (κ3) is 3.42. The topological polar surface area (TPSA) is 33.3 Å². The van der Waals surface area contributed by atoms with Gasteiger partial charge in [0.1, 0.15) is 17.4 Å². The van der Waals surface area contributed by atoms with Crippen molar-refractivity contribution in [3.05, 3.63) is 59.7 Å². The highest BCUT2D eigenvalue weighted by Crippen LogP contribution is 2.23. The molecule has 2 rings (SSSR count). The predicted molar refractivity (Wildman–Crippen MR) is 69.8 cm³/mol. The minimum atomic E-state index is -0.658. The molecule has 0 spiro atoms. The average Bonchev–Trinajstić information content (AvgIpc) is 2.42. The van der Waals surface area contributed by atoms with Gasteiger partial charge in [0.2, 0.25) is 0 Å². The van der Waals surface area contributed by atoms with Crippen molar-refractivity contribution < 1.29 is 13.5 Å². The Kier molecular flexibility index (Phi) is 4.30. The van der Waals surface area contributed by atoms with E-state index in [-0.39, 0.29) is 17.9 Å². The molecule has 19 heavy (non-hydrogen) atoms. The lowest BCUT2D eigenvalue weighted by atomic mass is 10.2. The molecule has 0 heterocycles. The zero-order valence-electron chi connectivity index (χ0n) is 10.4. The van der Waals surface area contributed by atoms with E-state index in [0.29, 0.717) is 0 Å². The van der Waals surface area contributed by atoms with Crippen LogP contribution in [0.25, 0.3) is 0 Å². The van der Waals surface area contributed by atoms with Crippen LogP contribution in [0.15, 0.2) is 42.5 Å². The van der Waals surface area contributed by atoms with Gasteiger partial charge in [-0.15, -0.1) is 0 Å². The molecule has 0 saturated carbocycles. The monoisotopic (exact) mass is 264 g/mol. The Bertz CT molecular complexity index is 547. The van der Waals surface area contributed by atoms with E-state index in [2.05, 4.69) is 10.9 Å². The molecule has 100 valence electrons. The number of rotatable bonds is 5. The predicted octanol–water partition coefficient (Wildman–Crippen LogP) is 3.09. The smallest absolute Gasteiger partial charge is 0.134 e. The second-order valence-corrected chi connectivity index (χ2v) is 3.91. The molecule has 0 bridgehead atoms. The summed E-state index contributed by atoms with van der Waals surface area (Å²) in [5, 5.41) is 0. The SMILES string of the molecule is COc1cc(F)cc(F)c1CNNc1ccccc1. The highest BCUT2D eigenvalue weighted by molar-refractivity contribution is 5.42. The molecule has 0 aliphatic heterocycles. The van der Waals surface area contributed by atoms with Gasteiger partial charge < -0.3 is 10.2 Å². The molecule has 0 aliphatic carbocycles. The van der Waals surface area contributed by atoms with Crippen LogP contribution in [0.3, 0.4) is 0 Å². The second kappa shape index (κ2) is 6.15. The van der Waals surface area contributed by atoms with Gasteiger partial charge in [0.05, 0.1) is 7.11 Å². The van der Waals surface area contributed by atoms with Crippen LogP contribution >= 0.6 is 0 Å². The van der Waals surface area contributed by atoms with Crippen LogP contribution < -0.4 is 15.6 Å². The maximum Gasteiger partial charge on any atom is 0.134 e. The van der Waals surface area contributed by atoms with E-state index in [0.717, 1.165) is 17.8 Å². The lowest BCUT2D eigenvalue weighted by Gasteiger charge is -2.12. The van der Waals surface area contributed by atoms with Gasteiger partial charge in [-0.05, 0) is 12.1 Å². The summed E-state index contributed by atoms with van der Waals surface area (Å²) in [7, 11) is 1.38. The molecule has 3 nitrogen and oxygen atoms in total. The number of methoxy groups -OCH3 is 1. The van der Waals surface area contributed by atoms with Gasteiger partial charge in [-0.2, -0.15) is 0 Å². The highest BCUT2D eigenvalue weighted by Gasteiger charge is 2.11. The summed E-state index contributed by atoms with van der Waals surface area (Å²) >= 11 is 0. The first kappa shape index (κ1) is 13.3.